The van der Waals surface area contributed by atoms with Crippen molar-refractivity contribution in [3.63, 3.8) is 0 Å². The molecule has 0 aliphatic rings. The molecular weight excluding hydrogens is 242 g/mol. The maximum Gasteiger partial charge on any atom is 0.312 e. The zero-order valence-electron chi connectivity index (χ0n) is 12.1. The summed E-state index contributed by atoms with van der Waals surface area (Å²) in [6.45, 7) is 8.55. The lowest BCUT2D eigenvalue weighted by Crippen LogP contribution is -2.30. The third kappa shape index (κ3) is 4.56. The van der Waals surface area contributed by atoms with Gasteiger partial charge in [0.15, 0.2) is 0 Å². The molecule has 1 atom stereocenters. The van der Waals surface area contributed by atoms with E-state index in [1.165, 1.54) is 5.56 Å². The highest BCUT2D eigenvalue weighted by molar-refractivity contribution is 5.73. The first kappa shape index (κ1) is 15.5. The highest BCUT2D eigenvalue weighted by Gasteiger charge is 2.28. The first-order valence-corrected chi connectivity index (χ1v) is 6.56. The van der Waals surface area contributed by atoms with Crippen LogP contribution in [0.15, 0.2) is 24.3 Å². The number of nitrogens with one attached hydrogen (secondary N) is 1. The van der Waals surface area contributed by atoms with Gasteiger partial charge in [-0.25, -0.2) is 0 Å². The average molecular weight is 265 g/mol. The van der Waals surface area contributed by atoms with Crippen LogP contribution in [-0.2, 0) is 4.79 Å². The van der Waals surface area contributed by atoms with Crippen molar-refractivity contribution in [2.45, 2.75) is 33.7 Å². The van der Waals surface area contributed by atoms with Gasteiger partial charge in [-0.15, -0.1) is 0 Å². The third-order valence-corrected chi connectivity index (χ3v) is 3.07. The highest BCUT2D eigenvalue weighted by atomic mass is 16.5. The number of carboxylic acids is 1. The molecule has 0 radical (unpaired) electrons. The number of ether oxygens (including phenoxy) is 1. The SMILES string of the molecule is CCNC(C)c1ccc(OCC(C)(C)C(=O)O)cc1. The van der Waals surface area contributed by atoms with E-state index in [0.717, 1.165) is 6.54 Å². The molecule has 1 unspecified atom stereocenters. The number of carbonyl (C=O) groups is 1. The minimum atomic E-state index is -0.879. The van der Waals surface area contributed by atoms with Crippen LogP contribution in [0.3, 0.4) is 0 Å². The van der Waals surface area contributed by atoms with Crippen molar-refractivity contribution in [1.82, 2.24) is 5.32 Å². The van der Waals surface area contributed by atoms with E-state index in [9.17, 15) is 4.79 Å². The number of benzene rings is 1. The van der Waals surface area contributed by atoms with Crippen LogP contribution in [0.5, 0.6) is 5.75 Å². The van der Waals surface area contributed by atoms with E-state index < -0.39 is 11.4 Å². The Balaban J connectivity index is 2.60. The molecule has 4 nitrogen and oxygen atoms in total. The lowest BCUT2D eigenvalue weighted by Gasteiger charge is -2.20. The molecule has 0 aliphatic heterocycles. The number of carboxylic acid groups (broad SMARTS) is 1. The van der Waals surface area contributed by atoms with Gasteiger partial charge in [-0.05, 0) is 45.0 Å². The highest BCUT2D eigenvalue weighted by Crippen LogP contribution is 2.21. The van der Waals surface area contributed by atoms with E-state index in [1.54, 1.807) is 13.8 Å². The van der Waals surface area contributed by atoms with Crippen molar-refractivity contribution in [3.05, 3.63) is 29.8 Å². The molecule has 0 fully saturated rings. The van der Waals surface area contributed by atoms with E-state index in [1.807, 2.05) is 24.3 Å². The maximum absolute atomic E-state index is 11.0. The molecule has 0 bridgehead atoms. The van der Waals surface area contributed by atoms with E-state index >= 15 is 0 Å². The van der Waals surface area contributed by atoms with Crippen molar-refractivity contribution in [3.8, 4) is 5.75 Å². The summed E-state index contributed by atoms with van der Waals surface area (Å²) in [7, 11) is 0. The summed E-state index contributed by atoms with van der Waals surface area (Å²) in [6, 6.07) is 8.05. The lowest BCUT2D eigenvalue weighted by molar-refractivity contribution is -0.148. The second-order valence-corrected chi connectivity index (χ2v) is 5.33. The zero-order chi connectivity index (χ0) is 14.5. The van der Waals surface area contributed by atoms with Crippen LogP contribution in [0.25, 0.3) is 0 Å². The summed E-state index contributed by atoms with van der Waals surface area (Å²) in [5.74, 6) is -0.160. The Morgan fingerprint density at radius 2 is 1.95 bits per heavy atom. The Kier molecular flexibility index (Phi) is 5.36. The lowest BCUT2D eigenvalue weighted by atomic mass is 9.95. The van der Waals surface area contributed by atoms with Gasteiger partial charge >= 0.3 is 5.97 Å². The van der Waals surface area contributed by atoms with Gasteiger partial charge in [0.2, 0.25) is 0 Å². The van der Waals surface area contributed by atoms with Gasteiger partial charge in [0, 0.05) is 6.04 Å². The van der Waals surface area contributed by atoms with Crippen LogP contribution in [0, 0.1) is 5.41 Å². The average Bonchev–Trinajstić information content (AvgIpc) is 2.37. The molecule has 0 heterocycles. The molecule has 0 amide bonds. The molecule has 0 aromatic heterocycles. The molecule has 1 rings (SSSR count). The predicted molar refractivity (Wildman–Crippen MR) is 75.4 cm³/mol. The molecule has 0 spiro atoms. The standard InChI is InChI=1S/C15H23NO3/c1-5-16-11(2)12-6-8-13(9-7-12)19-10-15(3,4)14(17)18/h6-9,11,16H,5,10H2,1-4H3,(H,17,18). The number of hydrogen-bond donors (Lipinski definition) is 2. The Morgan fingerprint density at radius 3 is 2.42 bits per heavy atom. The largest absolute Gasteiger partial charge is 0.492 e. The van der Waals surface area contributed by atoms with Gasteiger partial charge < -0.3 is 15.2 Å². The monoisotopic (exact) mass is 265 g/mol. The first-order chi connectivity index (χ1) is 8.86. The van der Waals surface area contributed by atoms with Crippen LogP contribution >= 0.6 is 0 Å². The van der Waals surface area contributed by atoms with Gasteiger partial charge in [0.25, 0.3) is 0 Å². The second kappa shape index (κ2) is 6.57. The summed E-state index contributed by atoms with van der Waals surface area (Å²) in [6.07, 6.45) is 0. The predicted octanol–water partition coefficient (Wildman–Crippen LogP) is 2.85. The Morgan fingerprint density at radius 1 is 1.37 bits per heavy atom. The number of aliphatic carboxylic acids is 1. The molecule has 2 N–H and O–H groups in total. The normalized spacial score (nSPS) is 13.1. The van der Waals surface area contributed by atoms with Gasteiger partial charge in [-0.2, -0.15) is 0 Å². The fourth-order valence-electron chi connectivity index (χ4n) is 1.60. The molecule has 1 aromatic rings. The van der Waals surface area contributed by atoms with Crippen molar-refractivity contribution in [2.24, 2.45) is 5.41 Å². The minimum Gasteiger partial charge on any atom is -0.492 e. The van der Waals surface area contributed by atoms with Crippen LogP contribution in [-0.4, -0.2) is 24.2 Å². The second-order valence-electron chi connectivity index (χ2n) is 5.33. The molecule has 0 aliphatic carbocycles. The molecule has 0 saturated carbocycles. The van der Waals surface area contributed by atoms with Crippen molar-refractivity contribution >= 4 is 5.97 Å². The first-order valence-electron chi connectivity index (χ1n) is 6.56. The summed E-state index contributed by atoms with van der Waals surface area (Å²) in [5, 5.41) is 12.3. The van der Waals surface area contributed by atoms with Gasteiger partial charge in [0.1, 0.15) is 12.4 Å². The molecule has 0 saturated heterocycles. The van der Waals surface area contributed by atoms with Crippen molar-refractivity contribution in [1.29, 1.82) is 0 Å². The van der Waals surface area contributed by atoms with Crippen LogP contribution in [0.1, 0.15) is 39.3 Å². The van der Waals surface area contributed by atoms with Crippen molar-refractivity contribution in [2.75, 3.05) is 13.2 Å². The summed E-state index contributed by atoms with van der Waals surface area (Å²) >= 11 is 0. The molecule has 4 heteroatoms. The fourth-order valence-corrected chi connectivity index (χ4v) is 1.60. The van der Waals surface area contributed by atoms with Crippen LogP contribution in [0.2, 0.25) is 0 Å². The van der Waals surface area contributed by atoms with E-state index in [0.29, 0.717) is 11.8 Å². The molecule has 19 heavy (non-hydrogen) atoms. The topological polar surface area (TPSA) is 58.6 Å². The minimum absolute atomic E-state index is 0.157. The zero-order valence-corrected chi connectivity index (χ0v) is 12.1. The number of hydrogen-bond acceptors (Lipinski definition) is 3. The third-order valence-electron chi connectivity index (χ3n) is 3.07. The maximum atomic E-state index is 11.0. The summed E-state index contributed by atoms with van der Waals surface area (Å²) < 4.78 is 5.53. The Labute approximate surface area is 114 Å². The smallest absolute Gasteiger partial charge is 0.312 e. The van der Waals surface area contributed by atoms with E-state index in [-0.39, 0.29) is 6.61 Å². The van der Waals surface area contributed by atoms with Crippen molar-refractivity contribution < 1.29 is 14.6 Å². The Bertz CT molecular complexity index is 412. The summed E-state index contributed by atoms with van der Waals surface area (Å²) in [4.78, 5) is 11.0. The van der Waals surface area contributed by atoms with Gasteiger partial charge in [-0.3, -0.25) is 4.79 Å². The number of rotatable bonds is 7. The Hall–Kier alpha value is -1.55. The van der Waals surface area contributed by atoms with Crippen LogP contribution < -0.4 is 10.1 Å². The quantitative estimate of drug-likeness (QED) is 0.796. The van der Waals surface area contributed by atoms with E-state index in [2.05, 4.69) is 19.2 Å². The van der Waals surface area contributed by atoms with Crippen LogP contribution in [0.4, 0.5) is 0 Å². The van der Waals surface area contributed by atoms with E-state index in [4.69, 9.17) is 9.84 Å². The molecule has 1 aromatic carbocycles. The molecular formula is C15H23NO3. The van der Waals surface area contributed by atoms with Gasteiger partial charge in [-0.1, -0.05) is 19.1 Å². The van der Waals surface area contributed by atoms with Gasteiger partial charge in [0.05, 0.1) is 5.41 Å². The fraction of sp³-hybridized carbons (Fsp3) is 0.533. The summed E-state index contributed by atoms with van der Waals surface area (Å²) in [5.41, 5.74) is 0.308. The molecule has 106 valence electrons.